The predicted octanol–water partition coefficient (Wildman–Crippen LogP) is 4.32. The summed E-state index contributed by atoms with van der Waals surface area (Å²) in [5.41, 5.74) is 2.64. The van der Waals surface area contributed by atoms with Gasteiger partial charge < -0.3 is 15.0 Å². The largest absolute Gasteiger partial charge is 0.490 e. The molecule has 2 amide bonds. The monoisotopic (exact) mass is 555 g/mol. The number of nitrogens with zero attached hydrogens (tertiary/aromatic N) is 4. The van der Waals surface area contributed by atoms with Crippen LogP contribution in [0.3, 0.4) is 0 Å². The molecule has 1 aromatic heterocycles. The van der Waals surface area contributed by atoms with E-state index in [9.17, 15) is 9.59 Å². The third kappa shape index (κ3) is 7.20. The Morgan fingerprint density at radius 3 is 2.27 bits per heavy atom. The molecular weight excluding hydrogens is 522 g/mol. The van der Waals surface area contributed by atoms with E-state index in [0.29, 0.717) is 29.9 Å². The van der Waals surface area contributed by atoms with Crippen molar-refractivity contribution in [2.75, 3.05) is 26.2 Å². The van der Waals surface area contributed by atoms with Gasteiger partial charge in [0.15, 0.2) is 0 Å². The van der Waals surface area contributed by atoms with Crippen molar-refractivity contribution in [3.8, 4) is 11.8 Å². The van der Waals surface area contributed by atoms with Crippen molar-refractivity contribution in [1.82, 2.24) is 20.1 Å². The molecular formula is C31H33N5O3S. The highest BCUT2D eigenvalue weighted by molar-refractivity contribution is 7.80. The van der Waals surface area contributed by atoms with E-state index in [1.54, 1.807) is 12.1 Å². The molecule has 40 heavy (non-hydrogen) atoms. The molecule has 0 radical (unpaired) electrons. The Kier molecular flexibility index (Phi) is 8.99. The first kappa shape index (κ1) is 27.7. The Balaban J connectivity index is 1.05. The van der Waals surface area contributed by atoms with E-state index in [-0.39, 0.29) is 24.0 Å². The number of piperidine rings is 2. The van der Waals surface area contributed by atoms with Crippen molar-refractivity contribution >= 4 is 24.4 Å². The minimum atomic E-state index is -0.214. The molecule has 0 atom stereocenters. The van der Waals surface area contributed by atoms with Gasteiger partial charge in [-0.1, -0.05) is 12.1 Å². The smallest absolute Gasteiger partial charge is 0.270 e. The Morgan fingerprint density at radius 2 is 1.65 bits per heavy atom. The van der Waals surface area contributed by atoms with Crippen LogP contribution < -0.4 is 10.1 Å². The van der Waals surface area contributed by atoms with E-state index in [1.807, 2.05) is 53.4 Å². The number of hydrogen-bond acceptors (Lipinski definition) is 7. The van der Waals surface area contributed by atoms with Crippen LogP contribution in [0.25, 0.3) is 0 Å². The number of carbonyl (C=O) groups is 2. The van der Waals surface area contributed by atoms with E-state index >= 15 is 0 Å². The van der Waals surface area contributed by atoms with Gasteiger partial charge in [-0.05, 0) is 66.9 Å². The van der Waals surface area contributed by atoms with Crippen LogP contribution >= 0.6 is 12.6 Å². The number of likely N-dealkylation sites (tertiary alicyclic amines) is 2. The fourth-order valence-corrected chi connectivity index (χ4v) is 5.32. The number of nitrogens with one attached hydrogen (secondary N) is 1. The molecule has 0 unspecified atom stereocenters. The van der Waals surface area contributed by atoms with E-state index in [2.05, 4.69) is 33.9 Å². The molecule has 9 heteroatoms. The van der Waals surface area contributed by atoms with Gasteiger partial charge in [-0.25, -0.2) is 0 Å². The zero-order valence-corrected chi connectivity index (χ0v) is 23.2. The van der Waals surface area contributed by atoms with Crippen LogP contribution in [0.1, 0.15) is 57.7 Å². The summed E-state index contributed by atoms with van der Waals surface area (Å²) in [6.45, 7) is 3.82. The second kappa shape index (κ2) is 13.0. The SMILES string of the molecule is N#Cc1ccc(CN2CCC(NC(=O)c3ccc(C(=O)N4CCC(Oc5ccc(S)cc5)CC4)cn3)CC2)cc1. The molecule has 1 N–H and O–H groups in total. The van der Waals surface area contributed by atoms with Gasteiger partial charge in [0.2, 0.25) is 0 Å². The molecule has 2 aliphatic heterocycles. The Bertz CT molecular complexity index is 1340. The van der Waals surface area contributed by atoms with Gasteiger partial charge in [-0.3, -0.25) is 19.5 Å². The molecule has 3 aromatic rings. The summed E-state index contributed by atoms with van der Waals surface area (Å²) in [5, 5.41) is 12.1. The third-order valence-electron chi connectivity index (χ3n) is 7.52. The van der Waals surface area contributed by atoms with Gasteiger partial charge in [0.1, 0.15) is 17.5 Å². The number of ether oxygens (including phenoxy) is 1. The normalized spacial score (nSPS) is 16.8. The lowest BCUT2D eigenvalue weighted by Crippen LogP contribution is -2.44. The minimum Gasteiger partial charge on any atom is -0.490 e. The lowest BCUT2D eigenvalue weighted by atomic mass is 10.0. The summed E-state index contributed by atoms with van der Waals surface area (Å²) in [6.07, 6.45) is 4.81. The third-order valence-corrected chi connectivity index (χ3v) is 7.82. The molecule has 2 aliphatic rings. The van der Waals surface area contributed by atoms with Crippen LogP contribution in [-0.2, 0) is 6.54 Å². The number of aromatic nitrogens is 1. The molecule has 2 aromatic carbocycles. The first-order valence-electron chi connectivity index (χ1n) is 13.7. The number of pyridine rings is 1. The van der Waals surface area contributed by atoms with E-state index in [0.717, 1.165) is 56.0 Å². The fourth-order valence-electron chi connectivity index (χ4n) is 5.17. The van der Waals surface area contributed by atoms with E-state index < -0.39 is 0 Å². The van der Waals surface area contributed by atoms with Crippen molar-refractivity contribution in [2.24, 2.45) is 0 Å². The molecule has 0 bridgehead atoms. The summed E-state index contributed by atoms with van der Waals surface area (Å²) < 4.78 is 6.05. The van der Waals surface area contributed by atoms with Crippen LogP contribution in [0.2, 0.25) is 0 Å². The molecule has 0 saturated carbocycles. The second-order valence-corrected chi connectivity index (χ2v) is 10.9. The number of amides is 2. The highest BCUT2D eigenvalue weighted by Gasteiger charge is 2.26. The van der Waals surface area contributed by atoms with Gasteiger partial charge in [0.05, 0.1) is 17.2 Å². The van der Waals surface area contributed by atoms with Crippen molar-refractivity contribution in [1.29, 1.82) is 5.26 Å². The lowest BCUT2D eigenvalue weighted by Gasteiger charge is -2.32. The van der Waals surface area contributed by atoms with E-state index in [1.165, 1.54) is 11.8 Å². The average molecular weight is 556 g/mol. The second-order valence-electron chi connectivity index (χ2n) is 10.4. The molecule has 206 valence electrons. The molecule has 0 aliphatic carbocycles. The van der Waals surface area contributed by atoms with Crippen LogP contribution in [0.15, 0.2) is 71.8 Å². The number of hydrogen-bond donors (Lipinski definition) is 2. The van der Waals surface area contributed by atoms with Gasteiger partial charge in [-0.2, -0.15) is 5.26 Å². The predicted molar refractivity (Wildman–Crippen MR) is 154 cm³/mol. The molecule has 2 fully saturated rings. The molecule has 2 saturated heterocycles. The number of benzene rings is 2. The number of rotatable bonds is 7. The summed E-state index contributed by atoms with van der Waals surface area (Å²) in [7, 11) is 0. The molecule has 3 heterocycles. The maximum atomic E-state index is 13.0. The van der Waals surface area contributed by atoms with Crippen LogP contribution in [0.5, 0.6) is 5.75 Å². The summed E-state index contributed by atoms with van der Waals surface area (Å²) in [5.74, 6) is 0.523. The zero-order valence-electron chi connectivity index (χ0n) is 22.3. The minimum absolute atomic E-state index is 0.0712. The number of nitriles is 1. The topological polar surface area (TPSA) is 98.6 Å². The standard InChI is InChI=1S/C31H33N5O3S/c32-19-22-1-3-23(4-2-22)21-35-15-11-25(12-16-35)34-30(37)29-10-5-24(20-33-29)31(38)36-17-13-27(14-18-36)39-26-6-8-28(40)9-7-26/h1-10,20,25,27,40H,11-18,21H2,(H,34,37). The number of carbonyl (C=O) groups excluding carboxylic acids is 2. The number of thiol groups is 1. The van der Waals surface area contributed by atoms with Crippen LogP contribution in [0, 0.1) is 11.3 Å². The Hall–Kier alpha value is -3.87. The van der Waals surface area contributed by atoms with Crippen molar-refractivity contribution < 1.29 is 14.3 Å². The van der Waals surface area contributed by atoms with Crippen molar-refractivity contribution in [3.05, 3.63) is 89.2 Å². The average Bonchev–Trinajstić information content (AvgIpc) is 3.00. The van der Waals surface area contributed by atoms with Crippen molar-refractivity contribution in [2.45, 2.75) is 49.3 Å². The molecule has 0 spiro atoms. The Morgan fingerprint density at radius 1 is 0.950 bits per heavy atom. The van der Waals surface area contributed by atoms with Gasteiger partial charge in [0.25, 0.3) is 11.8 Å². The summed E-state index contributed by atoms with van der Waals surface area (Å²) >= 11 is 4.30. The lowest BCUT2D eigenvalue weighted by molar-refractivity contribution is 0.0594. The van der Waals surface area contributed by atoms with Gasteiger partial charge in [0, 0.05) is 62.7 Å². The Labute approximate surface area is 240 Å². The summed E-state index contributed by atoms with van der Waals surface area (Å²) in [4.78, 5) is 35.2. The van der Waals surface area contributed by atoms with Gasteiger partial charge >= 0.3 is 0 Å². The summed E-state index contributed by atoms with van der Waals surface area (Å²) in [6, 6.07) is 20.8. The highest BCUT2D eigenvalue weighted by atomic mass is 32.1. The molecule has 5 rings (SSSR count). The quantitative estimate of drug-likeness (QED) is 0.422. The maximum absolute atomic E-state index is 13.0. The van der Waals surface area contributed by atoms with Crippen LogP contribution in [-0.4, -0.2) is 64.9 Å². The first-order valence-corrected chi connectivity index (χ1v) is 14.1. The van der Waals surface area contributed by atoms with E-state index in [4.69, 9.17) is 10.00 Å². The van der Waals surface area contributed by atoms with Crippen molar-refractivity contribution in [3.63, 3.8) is 0 Å². The zero-order chi connectivity index (χ0) is 27.9. The highest BCUT2D eigenvalue weighted by Crippen LogP contribution is 2.22. The first-order chi connectivity index (χ1) is 19.5. The fraction of sp³-hybridized carbons (Fsp3) is 0.355. The molecule has 8 nitrogen and oxygen atoms in total. The van der Waals surface area contributed by atoms with Gasteiger partial charge in [-0.15, -0.1) is 12.6 Å². The maximum Gasteiger partial charge on any atom is 0.270 e. The van der Waals surface area contributed by atoms with Crippen LogP contribution in [0.4, 0.5) is 0 Å².